The predicted octanol–water partition coefficient (Wildman–Crippen LogP) is 1.47. The van der Waals surface area contributed by atoms with Crippen molar-refractivity contribution in [2.75, 3.05) is 6.54 Å². The number of carbonyl (C=O) groups is 1. The summed E-state index contributed by atoms with van der Waals surface area (Å²) in [7, 11) is 0. The van der Waals surface area contributed by atoms with Crippen molar-refractivity contribution in [1.29, 1.82) is 0 Å². The minimum atomic E-state index is -0.412. The van der Waals surface area contributed by atoms with Gasteiger partial charge in [-0.3, -0.25) is 4.79 Å². The molecule has 2 bridgehead atoms. The second kappa shape index (κ2) is 4.19. The second-order valence-corrected chi connectivity index (χ2v) is 7.39. The van der Waals surface area contributed by atoms with Gasteiger partial charge in [-0.05, 0) is 30.6 Å². The lowest BCUT2D eigenvalue weighted by molar-refractivity contribution is -0.159. The quantitative estimate of drug-likeness (QED) is 0.744. The Morgan fingerprint density at radius 3 is 2.53 bits per heavy atom. The molecule has 2 saturated carbocycles. The Labute approximate surface area is 114 Å². The van der Waals surface area contributed by atoms with Crippen LogP contribution in [0.25, 0.3) is 0 Å². The largest absolute Gasteiger partial charge is 0.461 e. The average Bonchev–Trinajstić information content (AvgIpc) is 2.91. The molecule has 19 heavy (non-hydrogen) atoms. The molecule has 1 aliphatic heterocycles. The zero-order chi connectivity index (χ0) is 13.8. The van der Waals surface area contributed by atoms with Crippen molar-refractivity contribution in [1.82, 2.24) is 5.32 Å². The number of carbonyl (C=O) groups excluding carboxylic acids is 1. The fourth-order valence-corrected chi connectivity index (χ4v) is 4.43. The molecule has 0 radical (unpaired) electrons. The van der Waals surface area contributed by atoms with E-state index in [1.54, 1.807) is 0 Å². The molecule has 0 aromatic heterocycles. The Bertz CT molecular complexity index is 395. The number of hydrogen-bond acceptors (Lipinski definition) is 4. The standard InChI is InChI=1S/C15H25NO3/c1-14(2)9-4-5-15(14,3)12(6-9)19-13(18)11-7-10(17)8-16-11/h9-12,16-17H,4-8H2,1-3H3/t9?,10-,11+,12?,15?/m1/s1. The lowest BCUT2D eigenvalue weighted by atomic mass is 9.70. The molecule has 5 atom stereocenters. The van der Waals surface area contributed by atoms with E-state index in [1.807, 2.05) is 0 Å². The van der Waals surface area contributed by atoms with Gasteiger partial charge in [0.1, 0.15) is 12.1 Å². The van der Waals surface area contributed by atoms with Gasteiger partial charge in [0.15, 0.2) is 0 Å². The molecule has 1 heterocycles. The summed E-state index contributed by atoms with van der Waals surface area (Å²) in [4.78, 5) is 12.2. The molecule has 4 nitrogen and oxygen atoms in total. The second-order valence-electron chi connectivity index (χ2n) is 7.39. The van der Waals surface area contributed by atoms with Crippen LogP contribution in [-0.2, 0) is 9.53 Å². The zero-order valence-electron chi connectivity index (χ0n) is 12.1. The van der Waals surface area contributed by atoms with E-state index in [0.717, 1.165) is 12.8 Å². The lowest BCUT2D eigenvalue weighted by Gasteiger charge is -2.38. The van der Waals surface area contributed by atoms with Crippen LogP contribution in [0.4, 0.5) is 0 Å². The first kappa shape index (κ1) is 13.4. The highest BCUT2D eigenvalue weighted by molar-refractivity contribution is 5.76. The van der Waals surface area contributed by atoms with E-state index in [1.165, 1.54) is 6.42 Å². The van der Waals surface area contributed by atoms with Gasteiger partial charge in [0.05, 0.1) is 6.10 Å². The summed E-state index contributed by atoms with van der Waals surface area (Å²) in [6.45, 7) is 7.40. The van der Waals surface area contributed by atoms with Crippen LogP contribution < -0.4 is 5.32 Å². The van der Waals surface area contributed by atoms with Crippen LogP contribution in [0.3, 0.4) is 0 Å². The van der Waals surface area contributed by atoms with Crippen molar-refractivity contribution in [3.63, 3.8) is 0 Å². The summed E-state index contributed by atoms with van der Waals surface area (Å²) in [5, 5.41) is 12.5. The van der Waals surface area contributed by atoms with Crippen molar-refractivity contribution in [2.24, 2.45) is 16.7 Å². The highest BCUT2D eigenvalue weighted by Crippen LogP contribution is 2.66. The fraction of sp³-hybridized carbons (Fsp3) is 0.933. The van der Waals surface area contributed by atoms with Crippen molar-refractivity contribution in [3.05, 3.63) is 0 Å². The van der Waals surface area contributed by atoms with E-state index in [9.17, 15) is 9.90 Å². The van der Waals surface area contributed by atoms with Crippen LogP contribution in [0.1, 0.15) is 46.5 Å². The Balaban J connectivity index is 1.67. The first-order chi connectivity index (χ1) is 8.84. The number of β-amino-alcohol motifs (C(OH)–C–C–N with tert-alkyl or cyclic N) is 1. The van der Waals surface area contributed by atoms with Crippen molar-refractivity contribution >= 4 is 5.97 Å². The van der Waals surface area contributed by atoms with E-state index >= 15 is 0 Å². The number of rotatable bonds is 2. The van der Waals surface area contributed by atoms with Crippen LogP contribution in [0, 0.1) is 16.7 Å². The summed E-state index contributed by atoms with van der Waals surface area (Å²) >= 11 is 0. The molecule has 2 N–H and O–H groups in total. The third kappa shape index (κ3) is 1.83. The Hall–Kier alpha value is -0.610. The average molecular weight is 267 g/mol. The van der Waals surface area contributed by atoms with Gasteiger partial charge in [-0.25, -0.2) is 0 Å². The Morgan fingerprint density at radius 1 is 1.32 bits per heavy atom. The van der Waals surface area contributed by atoms with E-state index in [2.05, 4.69) is 26.1 Å². The number of aliphatic hydroxyl groups is 1. The van der Waals surface area contributed by atoms with Crippen molar-refractivity contribution < 1.29 is 14.6 Å². The maximum absolute atomic E-state index is 12.2. The number of ether oxygens (including phenoxy) is 1. The van der Waals surface area contributed by atoms with Crippen LogP contribution in [0.15, 0.2) is 0 Å². The van der Waals surface area contributed by atoms with Gasteiger partial charge in [0, 0.05) is 18.4 Å². The third-order valence-electron chi connectivity index (χ3n) is 6.36. The van der Waals surface area contributed by atoms with Gasteiger partial charge in [-0.15, -0.1) is 0 Å². The summed E-state index contributed by atoms with van der Waals surface area (Å²) in [5.41, 5.74) is 0.380. The number of fused-ring (bicyclic) bond motifs is 2. The first-order valence-corrected chi connectivity index (χ1v) is 7.46. The maximum Gasteiger partial charge on any atom is 0.323 e. The molecule has 1 saturated heterocycles. The molecule has 108 valence electrons. The summed E-state index contributed by atoms with van der Waals surface area (Å²) < 4.78 is 5.80. The monoisotopic (exact) mass is 267 g/mol. The van der Waals surface area contributed by atoms with E-state index in [-0.39, 0.29) is 28.9 Å². The summed E-state index contributed by atoms with van der Waals surface area (Å²) in [5.74, 6) is 0.503. The fourth-order valence-electron chi connectivity index (χ4n) is 4.43. The Morgan fingerprint density at radius 2 is 2.05 bits per heavy atom. The predicted molar refractivity (Wildman–Crippen MR) is 71.5 cm³/mol. The van der Waals surface area contributed by atoms with E-state index in [0.29, 0.717) is 18.9 Å². The molecular weight excluding hydrogens is 242 g/mol. The minimum Gasteiger partial charge on any atom is -0.461 e. The summed E-state index contributed by atoms with van der Waals surface area (Å²) in [6, 6.07) is -0.319. The van der Waals surface area contributed by atoms with E-state index in [4.69, 9.17) is 4.74 Å². The molecular formula is C15H25NO3. The molecule has 3 unspecified atom stereocenters. The van der Waals surface area contributed by atoms with Crippen LogP contribution in [0.5, 0.6) is 0 Å². The van der Waals surface area contributed by atoms with Gasteiger partial charge in [-0.1, -0.05) is 20.8 Å². The lowest BCUT2D eigenvalue weighted by Crippen LogP contribution is -2.42. The molecule has 0 aromatic carbocycles. The van der Waals surface area contributed by atoms with Gasteiger partial charge >= 0.3 is 5.97 Å². The number of nitrogens with one attached hydrogen (secondary N) is 1. The van der Waals surface area contributed by atoms with Crippen LogP contribution >= 0.6 is 0 Å². The zero-order valence-corrected chi connectivity index (χ0v) is 12.1. The topological polar surface area (TPSA) is 58.6 Å². The molecule has 0 aromatic rings. The highest BCUT2D eigenvalue weighted by atomic mass is 16.5. The van der Waals surface area contributed by atoms with Gasteiger partial charge in [0.25, 0.3) is 0 Å². The molecule has 4 heteroatoms. The highest BCUT2D eigenvalue weighted by Gasteiger charge is 2.63. The molecule has 0 amide bonds. The number of hydrogen-bond donors (Lipinski definition) is 2. The van der Waals surface area contributed by atoms with Gasteiger partial charge < -0.3 is 15.2 Å². The SMILES string of the molecule is CC1(C)C2CCC1(C)C(OC(=O)[C@@H]1C[C@@H](O)CN1)C2. The first-order valence-electron chi connectivity index (χ1n) is 7.46. The number of aliphatic hydroxyl groups excluding tert-OH is 1. The van der Waals surface area contributed by atoms with Crippen LogP contribution in [-0.4, -0.2) is 35.9 Å². The summed E-state index contributed by atoms with van der Waals surface area (Å²) in [6.07, 6.45) is 3.54. The normalized spacial score (nSPS) is 47.6. The maximum atomic E-state index is 12.2. The van der Waals surface area contributed by atoms with Crippen molar-refractivity contribution in [3.8, 4) is 0 Å². The Kier molecular flexibility index (Phi) is 2.95. The van der Waals surface area contributed by atoms with Gasteiger partial charge in [-0.2, -0.15) is 0 Å². The molecule has 3 aliphatic rings. The molecule has 0 spiro atoms. The van der Waals surface area contributed by atoms with Crippen molar-refractivity contribution in [2.45, 2.75) is 64.7 Å². The smallest absolute Gasteiger partial charge is 0.323 e. The third-order valence-corrected chi connectivity index (χ3v) is 6.36. The minimum absolute atomic E-state index is 0.0493. The molecule has 2 aliphatic carbocycles. The van der Waals surface area contributed by atoms with E-state index < -0.39 is 6.10 Å². The number of esters is 1. The van der Waals surface area contributed by atoms with Crippen LogP contribution in [0.2, 0.25) is 0 Å². The molecule has 3 fully saturated rings. The van der Waals surface area contributed by atoms with Gasteiger partial charge in [0.2, 0.25) is 0 Å². The molecule has 3 rings (SSSR count).